The third kappa shape index (κ3) is 2.66. The second-order valence-corrected chi connectivity index (χ2v) is 4.71. The molecule has 2 rings (SSSR count). The minimum absolute atomic E-state index is 0.370. The molecule has 1 aromatic rings. The minimum atomic E-state index is 0.370. The molecule has 1 atom stereocenters. The fraction of sp³-hybridized carbons (Fsp3) is 0.467. The fourth-order valence-corrected chi connectivity index (χ4v) is 2.53. The van der Waals surface area contributed by atoms with Gasteiger partial charge in [-0.3, -0.25) is 0 Å². The standard InChI is InChI=1S/C15H20O/c1-2-4-12-7-9-13(10-8-12)14-5-3-6-15(16)11-14/h3,5-6,9,11-12,16H,2,4,7-8,10H2,1H3. The van der Waals surface area contributed by atoms with E-state index in [2.05, 4.69) is 19.1 Å². The van der Waals surface area contributed by atoms with Crippen LogP contribution in [0, 0.1) is 5.92 Å². The van der Waals surface area contributed by atoms with E-state index in [0.717, 1.165) is 12.3 Å². The van der Waals surface area contributed by atoms with Crippen LogP contribution in [0.1, 0.15) is 44.6 Å². The molecule has 0 aliphatic heterocycles. The van der Waals surface area contributed by atoms with Crippen molar-refractivity contribution in [2.24, 2.45) is 5.92 Å². The van der Waals surface area contributed by atoms with Crippen molar-refractivity contribution in [1.29, 1.82) is 0 Å². The smallest absolute Gasteiger partial charge is 0.116 e. The van der Waals surface area contributed by atoms with Crippen LogP contribution in [0.15, 0.2) is 30.3 Å². The summed E-state index contributed by atoms with van der Waals surface area (Å²) in [6, 6.07) is 7.61. The van der Waals surface area contributed by atoms with Crippen LogP contribution in [0.5, 0.6) is 5.75 Å². The fourth-order valence-electron chi connectivity index (χ4n) is 2.53. The van der Waals surface area contributed by atoms with Crippen molar-refractivity contribution in [2.75, 3.05) is 0 Å². The molecule has 16 heavy (non-hydrogen) atoms. The lowest BCUT2D eigenvalue weighted by atomic mass is 9.84. The normalized spacial score (nSPS) is 20.6. The molecule has 1 nitrogen and oxygen atoms in total. The van der Waals surface area contributed by atoms with Crippen LogP contribution < -0.4 is 0 Å². The van der Waals surface area contributed by atoms with Crippen LogP contribution >= 0.6 is 0 Å². The first-order valence-electron chi connectivity index (χ1n) is 6.28. The number of benzene rings is 1. The van der Waals surface area contributed by atoms with Crippen molar-refractivity contribution < 1.29 is 5.11 Å². The Bertz CT molecular complexity index is 379. The maximum atomic E-state index is 9.45. The monoisotopic (exact) mass is 216 g/mol. The number of phenols is 1. The van der Waals surface area contributed by atoms with Gasteiger partial charge in [-0.15, -0.1) is 0 Å². The van der Waals surface area contributed by atoms with E-state index in [0.29, 0.717) is 5.75 Å². The van der Waals surface area contributed by atoms with Crippen LogP contribution in [0.25, 0.3) is 5.57 Å². The Morgan fingerprint density at radius 3 is 2.88 bits per heavy atom. The van der Waals surface area contributed by atoms with Gasteiger partial charge in [0.1, 0.15) is 5.75 Å². The second kappa shape index (κ2) is 5.20. The van der Waals surface area contributed by atoms with Gasteiger partial charge in [-0.2, -0.15) is 0 Å². The van der Waals surface area contributed by atoms with Crippen molar-refractivity contribution in [3.05, 3.63) is 35.9 Å². The molecular formula is C15H20O. The molecule has 86 valence electrons. The zero-order chi connectivity index (χ0) is 11.4. The van der Waals surface area contributed by atoms with Crippen LogP contribution in [-0.4, -0.2) is 5.11 Å². The average Bonchev–Trinajstić information content (AvgIpc) is 2.30. The Morgan fingerprint density at radius 1 is 1.38 bits per heavy atom. The molecule has 1 aliphatic rings. The Hall–Kier alpha value is -1.24. The predicted octanol–water partition coefficient (Wildman–Crippen LogP) is 4.38. The highest BCUT2D eigenvalue weighted by molar-refractivity contribution is 5.67. The summed E-state index contributed by atoms with van der Waals surface area (Å²) in [5, 5.41) is 9.45. The molecule has 0 fully saturated rings. The number of phenolic OH excluding ortho intramolecular Hbond substituents is 1. The minimum Gasteiger partial charge on any atom is -0.508 e. The van der Waals surface area contributed by atoms with Gasteiger partial charge in [0.05, 0.1) is 0 Å². The van der Waals surface area contributed by atoms with Gasteiger partial charge in [-0.25, -0.2) is 0 Å². The molecule has 1 heteroatoms. The van der Waals surface area contributed by atoms with Crippen molar-refractivity contribution in [3.8, 4) is 5.75 Å². The SMILES string of the molecule is CCCC1CC=C(c2cccc(O)c2)CC1. The topological polar surface area (TPSA) is 20.2 Å². The second-order valence-electron chi connectivity index (χ2n) is 4.71. The molecular weight excluding hydrogens is 196 g/mol. The lowest BCUT2D eigenvalue weighted by Crippen LogP contribution is -2.04. The first kappa shape index (κ1) is 11.3. The number of allylic oxidation sites excluding steroid dienone is 2. The highest BCUT2D eigenvalue weighted by Gasteiger charge is 2.14. The lowest BCUT2D eigenvalue weighted by Gasteiger charge is -2.21. The van der Waals surface area contributed by atoms with Gasteiger partial charge in [0.2, 0.25) is 0 Å². The molecule has 1 unspecified atom stereocenters. The van der Waals surface area contributed by atoms with Crippen molar-refractivity contribution in [1.82, 2.24) is 0 Å². The molecule has 0 bridgehead atoms. The van der Waals surface area contributed by atoms with E-state index in [4.69, 9.17) is 0 Å². The zero-order valence-electron chi connectivity index (χ0n) is 9.95. The first-order chi connectivity index (χ1) is 7.79. The predicted molar refractivity (Wildman–Crippen MR) is 68.3 cm³/mol. The summed E-state index contributed by atoms with van der Waals surface area (Å²) in [6.07, 6.45) is 8.67. The van der Waals surface area contributed by atoms with E-state index in [1.54, 1.807) is 6.07 Å². The van der Waals surface area contributed by atoms with E-state index < -0.39 is 0 Å². The van der Waals surface area contributed by atoms with Crippen molar-refractivity contribution >= 4 is 5.57 Å². The van der Waals surface area contributed by atoms with Gasteiger partial charge in [-0.05, 0) is 48.4 Å². The summed E-state index contributed by atoms with van der Waals surface area (Å²) < 4.78 is 0. The van der Waals surface area contributed by atoms with E-state index >= 15 is 0 Å². The third-order valence-corrected chi connectivity index (χ3v) is 3.43. The number of hydrogen-bond donors (Lipinski definition) is 1. The molecule has 0 spiro atoms. The summed E-state index contributed by atoms with van der Waals surface area (Å²) in [5.74, 6) is 1.25. The lowest BCUT2D eigenvalue weighted by molar-refractivity contribution is 0.445. The van der Waals surface area contributed by atoms with Crippen LogP contribution in [0.3, 0.4) is 0 Å². The Morgan fingerprint density at radius 2 is 2.25 bits per heavy atom. The summed E-state index contributed by atoms with van der Waals surface area (Å²) in [5.41, 5.74) is 2.60. The Kier molecular flexibility index (Phi) is 3.66. The van der Waals surface area contributed by atoms with Gasteiger partial charge >= 0.3 is 0 Å². The van der Waals surface area contributed by atoms with Crippen LogP contribution in [0.2, 0.25) is 0 Å². The number of rotatable bonds is 3. The van der Waals surface area contributed by atoms with E-state index in [9.17, 15) is 5.11 Å². The van der Waals surface area contributed by atoms with Gasteiger partial charge in [-0.1, -0.05) is 38.0 Å². The molecule has 0 heterocycles. The summed E-state index contributed by atoms with van der Waals surface area (Å²) in [4.78, 5) is 0. The summed E-state index contributed by atoms with van der Waals surface area (Å²) in [6.45, 7) is 2.26. The highest BCUT2D eigenvalue weighted by atomic mass is 16.3. The molecule has 0 amide bonds. The molecule has 1 aromatic carbocycles. The molecule has 1 aliphatic carbocycles. The number of aromatic hydroxyl groups is 1. The van der Waals surface area contributed by atoms with E-state index in [1.165, 1.54) is 36.8 Å². The molecule has 0 saturated heterocycles. The zero-order valence-corrected chi connectivity index (χ0v) is 9.95. The Balaban J connectivity index is 2.07. The largest absolute Gasteiger partial charge is 0.508 e. The van der Waals surface area contributed by atoms with Crippen molar-refractivity contribution in [3.63, 3.8) is 0 Å². The van der Waals surface area contributed by atoms with Gasteiger partial charge < -0.3 is 5.11 Å². The van der Waals surface area contributed by atoms with E-state index in [-0.39, 0.29) is 0 Å². The molecule has 0 radical (unpaired) electrons. The molecule has 1 N–H and O–H groups in total. The quantitative estimate of drug-likeness (QED) is 0.795. The summed E-state index contributed by atoms with van der Waals surface area (Å²) >= 11 is 0. The Labute approximate surface area is 97.8 Å². The van der Waals surface area contributed by atoms with Crippen LogP contribution in [-0.2, 0) is 0 Å². The highest BCUT2D eigenvalue weighted by Crippen LogP contribution is 2.33. The van der Waals surface area contributed by atoms with Gasteiger partial charge in [0, 0.05) is 0 Å². The first-order valence-corrected chi connectivity index (χ1v) is 6.28. The maximum absolute atomic E-state index is 9.45. The van der Waals surface area contributed by atoms with Gasteiger partial charge in [0.25, 0.3) is 0 Å². The third-order valence-electron chi connectivity index (χ3n) is 3.43. The van der Waals surface area contributed by atoms with Crippen molar-refractivity contribution in [2.45, 2.75) is 39.0 Å². The van der Waals surface area contributed by atoms with Crippen LogP contribution in [0.4, 0.5) is 0 Å². The average molecular weight is 216 g/mol. The number of hydrogen-bond acceptors (Lipinski definition) is 1. The maximum Gasteiger partial charge on any atom is 0.116 e. The summed E-state index contributed by atoms with van der Waals surface area (Å²) in [7, 11) is 0. The molecule has 0 saturated carbocycles. The van der Waals surface area contributed by atoms with E-state index in [1.807, 2.05) is 12.1 Å². The molecule has 0 aromatic heterocycles. The van der Waals surface area contributed by atoms with Gasteiger partial charge in [0.15, 0.2) is 0 Å².